The number of nitrogens with zero attached hydrogens (tertiary/aromatic N) is 1. The molecule has 0 radical (unpaired) electrons. The average Bonchev–Trinajstić information content (AvgIpc) is 2.31. The lowest BCUT2D eigenvalue weighted by Gasteiger charge is -2.48. The maximum absolute atomic E-state index is 12.8. The molecule has 1 amide bonds. The monoisotopic (exact) mass is 344 g/mol. The summed E-state index contributed by atoms with van der Waals surface area (Å²) in [5.41, 5.74) is 3.01. The molecule has 2 atom stereocenters. The van der Waals surface area contributed by atoms with Crippen molar-refractivity contribution < 1.29 is 24.6 Å². The van der Waals surface area contributed by atoms with Crippen LogP contribution in [0.2, 0.25) is 0 Å². The smallest absolute Gasteiger partial charge is 0.329 e. The third-order valence-electron chi connectivity index (χ3n) is 3.74. The molecule has 0 saturated heterocycles. The van der Waals surface area contributed by atoms with Crippen molar-refractivity contribution >= 4 is 17.8 Å². The van der Waals surface area contributed by atoms with Gasteiger partial charge in [-0.3, -0.25) is 9.59 Å². The van der Waals surface area contributed by atoms with E-state index < -0.39 is 35.0 Å². The second kappa shape index (κ2) is 7.51. The number of hydrogen-bond donors (Lipinski definition) is 3. The molecule has 0 fully saturated rings. The van der Waals surface area contributed by atoms with Gasteiger partial charge in [-0.15, -0.1) is 0 Å². The van der Waals surface area contributed by atoms with Crippen LogP contribution in [0.1, 0.15) is 67.7 Å². The zero-order chi connectivity index (χ0) is 19.5. The van der Waals surface area contributed by atoms with Crippen molar-refractivity contribution in [2.75, 3.05) is 0 Å². The molecule has 0 aromatic carbocycles. The molecule has 0 aliphatic carbocycles. The molecule has 0 spiro atoms. The zero-order valence-corrected chi connectivity index (χ0v) is 15.8. The van der Waals surface area contributed by atoms with Gasteiger partial charge in [0.1, 0.15) is 11.6 Å². The van der Waals surface area contributed by atoms with E-state index in [-0.39, 0.29) is 24.7 Å². The highest BCUT2D eigenvalue weighted by Crippen LogP contribution is 2.36. The summed E-state index contributed by atoms with van der Waals surface area (Å²) in [7, 11) is 0. The first kappa shape index (κ1) is 22.4. The molecule has 4 N–H and O–H groups in total. The van der Waals surface area contributed by atoms with Gasteiger partial charge in [0, 0.05) is 12.0 Å². The Hall–Kier alpha value is -1.63. The number of carboxylic acids is 2. The van der Waals surface area contributed by atoms with E-state index in [1.807, 2.05) is 20.8 Å². The van der Waals surface area contributed by atoms with Crippen LogP contribution >= 0.6 is 0 Å². The number of carboxylic acid groups (broad SMARTS) is 2. The van der Waals surface area contributed by atoms with E-state index in [4.69, 9.17) is 10.8 Å². The van der Waals surface area contributed by atoms with Crippen LogP contribution < -0.4 is 5.73 Å². The SMILES string of the molecule is CC(C)(C)C[C@@](C)(C(=O)O)N(C(=O)CC[C@H](N)C(=O)O)C(C)(C)C. The Bertz CT molecular complexity index is 490. The van der Waals surface area contributed by atoms with Gasteiger partial charge in [-0.05, 0) is 46.0 Å². The first-order valence-corrected chi connectivity index (χ1v) is 8.07. The number of carbonyl (C=O) groups excluding carboxylic acids is 1. The third kappa shape index (κ3) is 6.11. The van der Waals surface area contributed by atoms with Crippen molar-refractivity contribution in [2.24, 2.45) is 11.1 Å². The average molecular weight is 344 g/mol. The summed E-state index contributed by atoms with van der Waals surface area (Å²) in [5, 5.41) is 18.7. The number of carbonyl (C=O) groups is 3. The van der Waals surface area contributed by atoms with Crippen LogP contribution in [-0.2, 0) is 14.4 Å². The summed E-state index contributed by atoms with van der Waals surface area (Å²) in [4.78, 5) is 37.0. The fraction of sp³-hybridized carbons (Fsp3) is 0.824. The van der Waals surface area contributed by atoms with Gasteiger partial charge in [0.25, 0.3) is 0 Å². The molecule has 140 valence electrons. The van der Waals surface area contributed by atoms with E-state index in [9.17, 15) is 19.5 Å². The number of hydrogen-bond acceptors (Lipinski definition) is 4. The first-order chi connectivity index (χ1) is 10.5. The summed E-state index contributed by atoms with van der Waals surface area (Å²) in [5.74, 6) is -2.67. The van der Waals surface area contributed by atoms with E-state index in [2.05, 4.69) is 0 Å². The van der Waals surface area contributed by atoms with E-state index in [0.29, 0.717) is 0 Å². The largest absolute Gasteiger partial charge is 0.480 e. The van der Waals surface area contributed by atoms with Gasteiger partial charge in [0.15, 0.2) is 0 Å². The first-order valence-electron chi connectivity index (χ1n) is 8.07. The summed E-state index contributed by atoms with van der Waals surface area (Å²) in [6.45, 7) is 12.6. The Labute approximate surface area is 144 Å². The molecule has 0 aliphatic rings. The maximum Gasteiger partial charge on any atom is 0.329 e. The zero-order valence-electron chi connectivity index (χ0n) is 15.8. The molecule has 0 rings (SSSR count). The van der Waals surface area contributed by atoms with E-state index in [1.54, 1.807) is 27.7 Å². The van der Waals surface area contributed by atoms with Gasteiger partial charge in [-0.25, -0.2) is 4.79 Å². The van der Waals surface area contributed by atoms with Gasteiger partial charge in [-0.2, -0.15) is 0 Å². The van der Waals surface area contributed by atoms with Gasteiger partial charge >= 0.3 is 11.9 Å². The second-order valence-electron chi connectivity index (χ2n) is 8.70. The summed E-state index contributed by atoms with van der Waals surface area (Å²) in [6, 6.07) is -1.14. The summed E-state index contributed by atoms with van der Waals surface area (Å²) >= 11 is 0. The molecule has 0 bridgehead atoms. The van der Waals surface area contributed by atoms with E-state index in [1.165, 1.54) is 4.90 Å². The quantitative estimate of drug-likeness (QED) is 0.650. The van der Waals surface area contributed by atoms with Gasteiger partial charge in [-0.1, -0.05) is 20.8 Å². The van der Waals surface area contributed by atoms with Crippen LogP contribution in [0.4, 0.5) is 0 Å². The van der Waals surface area contributed by atoms with Gasteiger partial charge in [0.2, 0.25) is 5.91 Å². The summed E-state index contributed by atoms with van der Waals surface area (Å²) in [6.07, 6.45) is 0.118. The van der Waals surface area contributed by atoms with Crippen LogP contribution in [0, 0.1) is 5.41 Å². The van der Waals surface area contributed by atoms with Crippen LogP contribution in [0.15, 0.2) is 0 Å². The number of nitrogens with two attached hydrogens (primary N) is 1. The molecule has 24 heavy (non-hydrogen) atoms. The van der Waals surface area contributed by atoms with Crippen molar-refractivity contribution in [3.05, 3.63) is 0 Å². The molecule has 0 unspecified atom stereocenters. The molecule has 0 aromatic heterocycles. The van der Waals surface area contributed by atoms with Crippen molar-refractivity contribution in [3.8, 4) is 0 Å². The highest BCUT2D eigenvalue weighted by atomic mass is 16.4. The topological polar surface area (TPSA) is 121 Å². The minimum atomic E-state index is -1.40. The highest BCUT2D eigenvalue weighted by molar-refractivity contribution is 5.87. The van der Waals surface area contributed by atoms with Gasteiger partial charge in [0.05, 0.1) is 0 Å². The lowest BCUT2D eigenvalue weighted by Crippen LogP contribution is -2.63. The summed E-state index contributed by atoms with van der Waals surface area (Å²) < 4.78 is 0. The Balaban J connectivity index is 5.69. The molecule has 0 aromatic rings. The molecule has 0 saturated carbocycles. The molecule has 7 nitrogen and oxygen atoms in total. The van der Waals surface area contributed by atoms with Crippen LogP contribution in [0.5, 0.6) is 0 Å². The Morgan fingerprint density at radius 2 is 1.46 bits per heavy atom. The Morgan fingerprint density at radius 3 is 1.75 bits per heavy atom. The minimum absolute atomic E-state index is 0.0358. The minimum Gasteiger partial charge on any atom is -0.480 e. The van der Waals surface area contributed by atoms with E-state index in [0.717, 1.165) is 0 Å². The van der Waals surface area contributed by atoms with Crippen molar-refractivity contribution in [3.63, 3.8) is 0 Å². The fourth-order valence-electron chi connectivity index (χ4n) is 3.19. The maximum atomic E-state index is 12.8. The Morgan fingerprint density at radius 1 is 1.00 bits per heavy atom. The highest BCUT2D eigenvalue weighted by Gasteiger charge is 2.49. The van der Waals surface area contributed by atoms with Crippen LogP contribution in [0.25, 0.3) is 0 Å². The molecular weight excluding hydrogens is 312 g/mol. The molecular formula is C17H32N2O5. The van der Waals surface area contributed by atoms with Gasteiger partial charge < -0.3 is 20.8 Å². The second-order valence-corrected chi connectivity index (χ2v) is 8.70. The van der Waals surface area contributed by atoms with Crippen molar-refractivity contribution in [1.82, 2.24) is 4.90 Å². The number of aliphatic carboxylic acids is 2. The van der Waals surface area contributed by atoms with Crippen molar-refractivity contribution in [2.45, 2.75) is 84.8 Å². The number of amides is 1. The van der Waals surface area contributed by atoms with Crippen LogP contribution in [-0.4, -0.2) is 50.1 Å². The molecule has 0 heterocycles. The fourth-order valence-corrected chi connectivity index (χ4v) is 3.19. The van der Waals surface area contributed by atoms with E-state index >= 15 is 0 Å². The predicted molar refractivity (Wildman–Crippen MR) is 91.6 cm³/mol. The Kier molecular flexibility index (Phi) is 7.00. The normalized spacial score (nSPS) is 16.2. The predicted octanol–water partition coefficient (Wildman–Crippen LogP) is 2.09. The molecule has 7 heteroatoms. The third-order valence-corrected chi connectivity index (χ3v) is 3.74. The van der Waals surface area contributed by atoms with Crippen molar-refractivity contribution in [1.29, 1.82) is 0 Å². The standard InChI is InChI=1S/C17H32N2O5/c1-15(2,3)10-17(7,14(23)24)19(16(4,5)6)12(20)9-8-11(18)13(21)22/h11H,8-10,18H2,1-7H3,(H,21,22)(H,23,24)/t11-,17-/m0/s1. The lowest BCUT2D eigenvalue weighted by molar-refractivity contribution is -0.167. The lowest BCUT2D eigenvalue weighted by atomic mass is 9.77. The number of rotatable bonds is 7. The van der Waals surface area contributed by atoms with Crippen LogP contribution in [0.3, 0.4) is 0 Å². The molecule has 0 aliphatic heterocycles.